The van der Waals surface area contributed by atoms with E-state index in [2.05, 4.69) is 10.4 Å². The van der Waals surface area contributed by atoms with Crippen LogP contribution in [0.2, 0.25) is 0 Å². The summed E-state index contributed by atoms with van der Waals surface area (Å²) in [6.45, 7) is 1.23. The highest BCUT2D eigenvalue weighted by molar-refractivity contribution is 5.08. The predicted octanol–water partition coefficient (Wildman–Crippen LogP) is 2.20. The van der Waals surface area contributed by atoms with E-state index in [1.165, 1.54) is 17.5 Å². The summed E-state index contributed by atoms with van der Waals surface area (Å²) in [6.07, 6.45) is 2.02. The van der Waals surface area contributed by atoms with E-state index < -0.39 is 11.7 Å². The Morgan fingerprint density at radius 1 is 1.25 bits per heavy atom. The van der Waals surface area contributed by atoms with Gasteiger partial charge in [-0.2, -0.15) is 18.3 Å². The lowest BCUT2D eigenvalue weighted by Gasteiger charge is -2.14. The largest absolute Gasteiger partial charge is 0.419 e. The molecule has 0 radical (unpaired) electrons. The quantitative estimate of drug-likeness (QED) is 0.903. The number of nitrogens with zero attached hydrogens (tertiary/aromatic N) is 2. The predicted molar refractivity (Wildman–Crippen MR) is 66.1 cm³/mol. The summed E-state index contributed by atoms with van der Waals surface area (Å²) in [7, 11) is 0. The monoisotopic (exact) mass is 289 g/mol. The minimum absolute atomic E-state index is 0.0398. The van der Waals surface area contributed by atoms with Crippen LogP contribution in [-0.2, 0) is 17.5 Å². The summed E-state index contributed by atoms with van der Waals surface area (Å²) in [4.78, 5) is 0. The molecule has 0 aromatic carbocycles. The second-order valence-electron chi connectivity index (χ2n) is 5.59. The van der Waals surface area contributed by atoms with E-state index in [9.17, 15) is 13.2 Å². The van der Waals surface area contributed by atoms with Crippen LogP contribution in [0.15, 0.2) is 12.4 Å². The number of halogens is 3. The van der Waals surface area contributed by atoms with Gasteiger partial charge in [0, 0.05) is 18.8 Å². The van der Waals surface area contributed by atoms with Crippen LogP contribution >= 0.6 is 0 Å². The highest BCUT2D eigenvalue weighted by Gasteiger charge is 2.33. The molecule has 1 aliphatic heterocycles. The van der Waals surface area contributed by atoms with Gasteiger partial charge in [0.1, 0.15) is 0 Å². The van der Waals surface area contributed by atoms with Crippen molar-refractivity contribution in [2.24, 2.45) is 0 Å². The molecule has 1 aliphatic carbocycles. The maximum absolute atomic E-state index is 12.5. The highest BCUT2D eigenvalue weighted by atomic mass is 19.4. The SMILES string of the molecule is FC(F)(F)c1cnn(CC2CCC(CNC3CC3)O2)c1. The van der Waals surface area contributed by atoms with E-state index in [-0.39, 0.29) is 12.2 Å². The van der Waals surface area contributed by atoms with Gasteiger partial charge in [0.2, 0.25) is 0 Å². The number of alkyl halides is 3. The van der Waals surface area contributed by atoms with Crippen LogP contribution in [0.4, 0.5) is 13.2 Å². The molecule has 2 fully saturated rings. The number of hydrogen-bond acceptors (Lipinski definition) is 3. The molecule has 0 bridgehead atoms. The molecule has 7 heteroatoms. The average molecular weight is 289 g/mol. The fraction of sp³-hybridized carbons (Fsp3) is 0.769. The van der Waals surface area contributed by atoms with Crippen molar-refractivity contribution in [3.05, 3.63) is 18.0 Å². The molecular weight excluding hydrogens is 271 g/mol. The second kappa shape index (κ2) is 5.37. The first kappa shape index (κ1) is 13.9. The van der Waals surface area contributed by atoms with Crippen LogP contribution in [0, 0.1) is 0 Å². The van der Waals surface area contributed by atoms with E-state index >= 15 is 0 Å². The molecule has 1 N–H and O–H groups in total. The van der Waals surface area contributed by atoms with Crippen LogP contribution < -0.4 is 5.32 Å². The number of rotatable bonds is 5. The van der Waals surface area contributed by atoms with Crippen molar-refractivity contribution in [1.82, 2.24) is 15.1 Å². The summed E-state index contributed by atoms with van der Waals surface area (Å²) in [5.74, 6) is 0. The lowest BCUT2D eigenvalue weighted by atomic mass is 10.2. The van der Waals surface area contributed by atoms with Gasteiger partial charge in [0.25, 0.3) is 0 Å². The summed E-state index contributed by atoms with van der Waals surface area (Å²) in [5.41, 5.74) is -0.706. The van der Waals surface area contributed by atoms with Gasteiger partial charge in [-0.15, -0.1) is 0 Å². The first-order valence-corrected chi connectivity index (χ1v) is 6.99. The maximum atomic E-state index is 12.5. The molecule has 20 heavy (non-hydrogen) atoms. The third-order valence-electron chi connectivity index (χ3n) is 3.76. The Morgan fingerprint density at radius 3 is 2.65 bits per heavy atom. The molecule has 0 spiro atoms. The van der Waals surface area contributed by atoms with Gasteiger partial charge in [-0.3, -0.25) is 4.68 Å². The molecule has 3 rings (SSSR count). The van der Waals surface area contributed by atoms with Gasteiger partial charge in [-0.25, -0.2) is 0 Å². The molecular formula is C13H18F3N3O. The topological polar surface area (TPSA) is 39.1 Å². The van der Waals surface area contributed by atoms with Crippen LogP contribution in [0.25, 0.3) is 0 Å². The Kier molecular flexibility index (Phi) is 3.72. The van der Waals surface area contributed by atoms with Crippen LogP contribution in [-0.4, -0.2) is 34.6 Å². The standard InChI is InChI=1S/C13H18F3N3O/c14-13(15,16)9-5-18-19(7-9)8-12-4-3-11(20-12)6-17-10-1-2-10/h5,7,10-12,17H,1-4,6,8H2. The van der Waals surface area contributed by atoms with Crippen molar-refractivity contribution in [3.63, 3.8) is 0 Å². The molecule has 1 aromatic heterocycles. The van der Waals surface area contributed by atoms with Gasteiger partial charge >= 0.3 is 6.18 Å². The van der Waals surface area contributed by atoms with Gasteiger partial charge in [-0.1, -0.05) is 0 Å². The van der Waals surface area contributed by atoms with Gasteiger partial charge in [0.05, 0.1) is 30.5 Å². The smallest absolute Gasteiger partial charge is 0.372 e. The second-order valence-corrected chi connectivity index (χ2v) is 5.59. The Hall–Kier alpha value is -1.08. The highest BCUT2D eigenvalue weighted by Crippen LogP contribution is 2.29. The van der Waals surface area contributed by atoms with E-state index in [1.54, 1.807) is 0 Å². The Morgan fingerprint density at radius 2 is 2.00 bits per heavy atom. The van der Waals surface area contributed by atoms with E-state index in [0.717, 1.165) is 31.8 Å². The Labute approximate surface area is 115 Å². The summed E-state index contributed by atoms with van der Waals surface area (Å²) < 4.78 is 44.6. The van der Waals surface area contributed by atoms with Crippen LogP contribution in [0.5, 0.6) is 0 Å². The van der Waals surface area contributed by atoms with Gasteiger partial charge in [0.15, 0.2) is 0 Å². The molecule has 1 aromatic rings. The fourth-order valence-electron chi connectivity index (χ4n) is 2.47. The molecule has 112 valence electrons. The zero-order valence-corrected chi connectivity index (χ0v) is 11.1. The van der Waals surface area contributed by atoms with Crippen molar-refractivity contribution < 1.29 is 17.9 Å². The molecule has 0 amide bonds. The number of ether oxygens (including phenoxy) is 1. The van der Waals surface area contributed by atoms with Crippen molar-refractivity contribution >= 4 is 0 Å². The van der Waals surface area contributed by atoms with Crippen LogP contribution in [0.1, 0.15) is 31.2 Å². The number of hydrogen-bond donors (Lipinski definition) is 1. The van der Waals surface area contributed by atoms with E-state index in [4.69, 9.17) is 4.74 Å². The average Bonchev–Trinajstić information content (AvgIpc) is 2.89. The van der Waals surface area contributed by atoms with Crippen molar-refractivity contribution in [2.75, 3.05) is 6.54 Å². The van der Waals surface area contributed by atoms with Crippen molar-refractivity contribution in [2.45, 2.75) is 56.7 Å². The molecule has 2 aliphatic rings. The number of aromatic nitrogens is 2. The molecule has 2 atom stereocenters. The summed E-state index contributed by atoms with van der Waals surface area (Å²) in [5, 5.41) is 7.17. The van der Waals surface area contributed by atoms with Gasteiger partial charge in [-0.05, 0) is 25.7 Å². The lowest BCUT2D eigenvalue weighted by molar-refractivity contribution is -0.137. The maximum Gasteiger partial charge on any atom is 0.419 e. The molecule has 1 saturated carbocycles. The zero-order chi connectivity index (χ0) is 14.2. The van der Waals surface area contributed by atoms with Crippen LogP contribution in [0.3, 0.4) is 0 Å². The normalized spacial score (nSPS) is 27.1. The third kappa shape index (κ3) is 3.52. The Bertz CT molecular complexity index is 456. The van der Waals surface area contributed by atoms with Gasteiger partial charge < -0.3 is 10.1 Å². The molecule has 4 nitrogen and oxygen atoms in total. The molecule has 2 heterocycles. The van der Waals surface area contributed by atoms with E-state index in [0.29, 0.717) is 12.6 Å². The fourth-order valence-corrected chi connectivity index (χ4v) is 2.47. The first-order chi connectivity index (χ1) is 9.50. The Balaban J connectivity index is 1.47. The lowest BCUT2D eigenvalue weighted by Crippen LogP contribution is -2.29. The zero-order valence-electron chi connectivity index (χ0n) is 11.1. The van der Waals surface area contributed by atoms with Crippen molar-refractivity contribution in [1.29, 1.82) is 0 Å². The number of nitrogens with one attached hydrogen (secondary N) is 1. The van der Waals surface area contributed by atoms with Crippen molar-refractivity contribution in [3.8, 4) is 0 Å². The summed E-state index contributed by atoms with van der Waals surface area (Å²) in [6, 6.07) is 0.651. The molecule has 2 unspecified atom stereocenters. The summed E-state index contributed by atoms with van der Waals surface area (Å²) >= 11 is 0. The third-order valence-corrected chi connectivity index (χ3v) is 3.76. The minimum atomic E-state index is -4.33. The minimum Gasteiger partial charge on any atom is -0.372 e. The molecule has 1 saturated heterocycles. The first-order valence-electron chi connectivity index (χ1n) is 6.99. The van der Waals surface area contributed by atoms with E-state index in [1.807, 2.05) is 0 Å².